The molecule has 0 unspecified atom stereocenters. The average molecular weight is 286 g/mol. The molecule has 1 atom stereocenters. The van der Waals surface area contributed by atoms with Crippen molar-refractivity contribution in [1.82, 2.24) is 0 Å². The van der Waals surface area contributed by atoms with Gasteiger partial charge < -0.3 is 10.5 Å². The first-order valence-electron chi connectivity index (χ1n) is 6.62. The van der Waals surface area contributed by atoms with E-state index in [-0.39, 0.29) is 11.3 Å². The van der Waals surface area contributed by atoms with Crippen LogP contribution in [0.3, 0.4) is 0 Å². The van der Waals surface area contributed by atoms with Crippen LogP contribution in [-0.4, -0.2) is 18.4 Å². The number of ether oxygens (including phenoxy) is 1. The van der Waals surface area contributed by atoms with Gasteiger partial charge in [-0.1, -0.05) is 37.3 Å². The summed E-state index contributed by atoms with van der Waals surface area (Å²) in [6.45, 7) is 2.85. The number of allylic oxidation sites excluding steroid dienone is 1. The van der Waals surface area contributed by atoms with Gasteiger partial charge in [-0.15, -0.1) is 0 Å². The Hall–Kier alpha value is -2.61. The Bertz CT molecular complexity index is 581. The Morgan fingerprint density at radius 1 is 1.33 bits per heavy atom. The van der Waals surface area contributed by atoms with Gasteiger partial charge in [0.25, 0.3) is 0 Å². The first-order valence-corrected chi connectivity index (χ1v) is 6.62. The van der Waals surface area contributed by atoms with Crippen LogP contribution in [0.4, 0.5) is 0 Å². The van der Waals surface area contributed by atoms with Gasteiger partial charge in [0, 0.05) is 5.70 Å². The normalized spacial score (nSPS) is 12.8. The highest BCUT2D eigenvalue weighted by atomic mass is 16.5. The Morgan fingerprint density at radius 2 is 1.95 bits per heavy atom. The van der Waals surface area contributed by atoms with E-state index in [1.165, 1.54) is 6.92 Å². The maximum absolute atomic E-state index is 12.1. The van der Waals surface area contributed by atoms with Gasteiger partial charge in [-0.05, 0) is 18.9 Å². The molecule has 1 aromatic rings. The number of hydrogen-bond acceptors (Lipinski definition) is 5. The van der Waals surface area contributed by atoms with E-state index >= 15 is 0 Å². The third-order valence-corrected chi connectivity index (χ3v) is 3.03. The summed E-state index contributed by atoms with van der Waals surface area (Å²) < 4.78 is 5.01. The first-order chi connectivity index (χ1) is 10.0. The Labute approximate surface area is 124 Å². The monoisotopic (exact) mass is 286 g/mol. The van der Waals surface area contributed by atoms with Gasteiger partial charge in [-0.2, -0.15) is 5.26 Å². The molecule has 1 aromatic carbocycles. The van der Waals surface area contributed by atoms with Crippen LogP contribution < -0.4 is 5.73 Å². The Morgan fingerprint density at radius 3 is 2.43 bits per heavy atom. The molecule has 0 aromatic heterocycles. The summed E-state index contributed by atoms with van der Waals surface area (Å²) in [4.78, 5) is 23.8. The number of benzene rings is 1. The van der Waals surface area contributed by atoms with Crippen molar-refractivity contribution in [2.24, 2.45) is 5.73 Å². The molecule has 110 valence electrons. The molecule has 0 saturated heterocycles. The molecule has 1 rings (SSSR count). The molecule has 5 nitrogen and oxygen atoms in total. The smallest absolute Gasteiger partial charge is 0.313 e. The van der Waals surface area contributed by atoms with E-state index < -0.39 is 24.3 Å². The van der Waals surface area contributed by atoms with Crippen molar-refractivity contribution < 1.29 is 14.3 Å². The van der Waals surface area contributed by atoms with Crippen LogP contribution in [0, 0.1) is 11.3 Å². The second-order valence-electron chi connectivity index (χ2n) is 4.57. The molecule has 0 saturated carbocycles. The third kappa shape index (κ3) is 4.46. The van der Waals surface area contributed by atoms with Crippen molar-refractivity contribution in [2.75, 3.05) is 6.61 Å². The summed E-state index contributed by atoms with van der Waals surface area (Å²) in [5.41, 5.74) is 6.21. The van der Waals surface area contributed by atoms with Crippen LogP contribution in [0.25, 0.3) is 0 Å². The second kappa shape index (κ2) is 7.85. The van der Waals surface area contributed by atoms with Crippen LogP contribution in [0.1, 0.15) is 31.7 Å². The van der Waals surface area contributed by atoms with Crippen LogP contribution >= 0.6 is 0 Å². The van der Waals surface area contributed by atoms with E-state index in [0.717, 1.165) is 5.56 Å². The molecule has 0 fully saturated rings. The molecule has 0 spiro atoms. The number of nitriles is 1. The van der Waals surface area contributed by atoms with Crippen molar-refractivity contribution in [2.45, 2.75) is 26.2 Å². The lowest BCUT2D eigenvalue weighted by molar-refractivity contribution is -0.148. The molecule has 0 heterocycles. The first kappa shape index (κ1) is 16.4. The highest BCUT2D eigenvalue weighted by Crippen LogP contribution is 2.20. The molecule has 0 aliphatic carbocycles. The summed E-state index contributed by atoms with van der Waals surface area (Å²) in [7, 11) is 0. The van der Waals surface area contributed by atoms with Crippen LogP contribution in [0.15, 0.2) is 41.6 Å². The number of ketones is 1. The molecular weight excluding hydrogens is 268 g/mol. The SMILES string of the molecule is CC[C@@H](C(=O)OCC(=O)/C(C#N)=C(\C)N)c1ccccc1. The summed E-state index contributed by atoms with van der Waals surface area (Å²) in [6, 6.07) is 10.9. The number of esters is 1. The minimum Gasteiger partial charge on any atom is -0.457 e. The lowest BCUT2D eigenvalue weighted by atomic mass is 9.97. The quantitative estimate of drug-likeness (QED) is 0.490. The van der Waals surface area contributed by atoms with Crippen molar-refractivity contribution in [3.05, 3.63) is 47.2 Å². The molecule has 0 aliphatic heterocycles. The van der Waals surface area contributed by atoms with Gasteiger partial charge in [0.05, 0.1) is 5.92 Å². The van der Waals surface area contributed by atoms with Gasteiger partial charge in [0.1, 0.15) is 11.6 Å². The zero-order valence-corrected chi connectivity index (χ0v) is 12.1. The van der Waals surface area contributed by atoms with E-state index in [9.17, 15) is 9.59 Å². The molecule has 0 aliphatic rings. The summed E-state index contributed by atoms with van der Waals surface area (Å²) in [5, 5.41) is 8.82. The van der Waals surface area contributed by atoms with E-state index in [4.69, 9.17) is 15.7 Å². The lowest BCUT2D eigenvalue weighted by Gasteiger charge is -2.14. The highest BCUT2D eigenvalue weighted by molar-refractivity contribution is 6.01. The van der Waals surface area contributed by atoms with Crippen molar-refractivity contribution >= 4 is 11.8 Å². The molecular formula is C16H18N2O3. The van der Waals surface area contributed by atoms with Crippen molar-refractivity contribution in [1.29, 1.82) is 5.26 Å². The number of carbonyl (C=O) groups excluding carboxylic acids is 2. The fourth-order valence-corrected chi connectivity index (χ4v) is 1.90. The number of rotatable bonds is 6. The van der Waals surface area contributed by atoms with Crippen molar-refractivity contribution in [3.63, 3.8) is 0 Å². The van der Waals surface area contributed by atoms with Gasteiger partial charge in [-0.3, -0.25) is 9.59 Å². The maximum atomic E-state index is 12.1. The number of nitrogens with two attached hydrogens (primary N) is 1. The van der Waals surface area contributed by atoms with Gasteiger partial charge >= 0.3 is 5.97 Å². The highest BCUT2D eigenvalue weighted by Gasteiger charge is 2.22. The number of Topliss-reactive ketones (excluding diaryl/α,β-unsaturated/α-hetero) is 1. The van der Waals surface area contributed by atoms with E-state index in [1.807, 2.05) is 37.3 Å². The standard InChI is InChI=1S/C16H18N2O3/c1-3-13(12-7-5-4-6-8-12)16(20)21-10-15(19)14(9-17)11(2)18/h4-8,13H,3,10,18H2,1-2H3/b14-11+/t13-/m1/s1. The third-order valence-electron chi connectivity index (χ3n) is 3.03. The Kier molecular flexibility index (Phi) is 6.15. The van der Waals surface area contributed by atoms with Gasteiger partial charge in [0.2, 0.25) is 5.78 Å². The van der Waals surface area contributed by atoms with E-state index in [1.54, 1.807) is 6.07 Å². The topological polar surface area (TPSA) is 93.2 Å². The van der Waals surface area contributed by atoms with Gasteiger partial charge in [-0.25, -0.2) is 0 Å². The molecule has 0 amide bonds. The Balaban J connectivity index is 2.71. The predicted molar refractivity (Wildman–Crippen MR) is 77.9 cm³/mol. The largest absolute Gasteiger partial charge is 0.457 e. The average Bonchev–Trinajstić information content (AvgIpc) is 2.47. The molecule has 21 heavy (non-hydrogen) atoms. The van der Waals surface area contributed by atoms with E-state index in [0.29, 0.717) is 6.42 Å². The zero-order chi connectivity index (χ0) is 15.8. The second-order valence-corrected chi connectivity index (χ2v) is 4.57. The molecule has 2 N–H and O–H groups in total. The fourth-order valence-electron chi connectivity index (χ4n) is 1.90. The fraction of sp³-hybridized carbons (Fsp3) is 0.312. The van der Waals surface area contributed by atoms with Crippen LogP contribution in [0.2, 0.25) is 0 Å². The lowest BCUT2D eigenvalue weighted by Crippen LogP contribution is -2.21. The minimum atomic E-state index is -0.589. The number of carbonyl (C=O) groups is 2. The molecule has 0 bridgehead atoms. The van der Waals surface area contributed by atoms with E-state index in [2.05, 4.69) is 0 Å². The molecule has 5 heteroatoms. The predicted octanol–water partition coefficient (Wildman–Crippen LogP) is 2.05. The minimum absolute atomic E-state index is 0.119. The van der Waals surface area contributed by atoms with Gasteiger partial charge in [0.15, 0.2) is 6.61 Å². The molecule has 0 radical (unpaired) electrons. The maximum Gasteiger partial charge on any atom is 0.313 e. The summed E-state index contributed by atoms with van der Waals surface area (Å²) in [5.74, 6) is -1.50. The van der Waals surface area contributed by atoms with Crippen LogP contribution in [-0.2, 0) is 14.3 Å². The number of nitrogens with zero attached hydrogens (tertiary/aromatic N) is 1. The van der Waals surface area contributed by atoms with Crippen LogP contribution in [0.5, 0.6) is 0 Å². The summed E-state index contributed by atoms with van der Waals surface area (Å²) in [6.07, 6.45) is 0.563. The number of hydrogen-bond donors (Lipinski definition) is 1. The zero-order valence-electron chi connectivity index (χ0n) is 12.1. The summed E-state index contributed by atoms with van der Waals surface area (Å²) >= 11 is 0. The van der Waals surface area contributed by atoms with Crippen molar-refractivity contribution in [3.8, 4) is 6.07 Å².